The van der Waals surface area contributed by atoms with Gasteiger partial charge in [-0.05, 0) is 16.6 Å². The van der Waals surface area contributed by atoms with Gasteiger partial charge in [0.15, 0.2) is 0 Å². The van der Waals surface area contributed by atoms with Crippen LogP contribution in [0.5, 0.6) is 0 Å². The minimum absolute atomic E-state index is 0.0156. The number of carbonyl (C=O) groups is 2. The van der Waals surface area contributed by atoms with Gasteiger partial charge in [0.2, 0.25) is 0 Å². The van der Waals surface area contributed by atoms with Crippen molar-refractivity contribution in [3.8, 4) is 0 Å². The van der Waals surface area contributed by atoms with Crippen molar-refractivity contribution >= 4 is 40.6 Å². The van der Waals surface area contributed by atoms with Gasteiger partial charge in [-0.1, -0.05) is 22.6 Å². The first-order valence-electron chi connectivity index (χ1n) is 7.64. The molecule has 2 unspecified atom stereocenters. The number of halogens is 1. The van der Waals surface area contributed by atoms with Crippen molar-refractivity contribution in [2.75, 3.05) is 13.2 Å². The molecule has 0 spiro atoms. The molecule has 2 rings (SSSR count). The largest absolute Gasteiger partial charge is 0.466 e. The molecule has 1 aliphatic rings. The molecule has 0 amide bonds. The summed E-state index contributed by atoms with van der Waals surface area (Å²) in [6, 6.07) is 0. The van der Waals surface area contributed by atoms with Crippen molar-refractivity contribution in [1.29, 1.82) is 0 Å². The lowest BCUT2D eigenvalue weighted by atomic mass is 10.1. The molecule has 0 aliphatic heterocycles. The Labute approximate surface area is 157 Å². The van der Waals surface area contributed by atoms with Crippen molar-refractivity contribution in [3.05, 3.63) is 36.7 Å². The number of nitrogens with one attached hydrogen (secondary N) is 1. The Balaban J connectivity index is 2.24. The first-order valence-corrected chi connectivity index (χ1v) is 8.89. The molecule has 1 saturated carbocycles. The van der Waals surface area contributed by atoms with Gasteiger partial charge in [0.05, 0.1) is 18.8 Å². The number of nitrogens with zero attached hydrogens (tertiary/aromatic N) is 1. The lowest BCUT2D eigenvalue weighted by molar-refractivity contribution is -0.145. The van der Waals surface area contributed by atoms with E-state index in [-0.39, 0.29) is 31.6 Å². The average molecular weight is 462 g/mol. The van der Waals surface area contributed by atoms with E-state index in [0.717, 1.165) is 0 Å². The van der Waals surface area contributed by atoms with Crippen LogP contribution in [0.25, 0.3) is 6.08 Å². The zero-order chi connectivity index (χ0) is 18.6. The van der Waals surface area contributed by atoms with Crippen molar-refractivity contribution in [1.82, 2.24) is 9.55 Å². The number of rotatable bonds is 7. The van der Waals surface area contributed by atoms with Gasteiger partial charge in [0.1, 0.15) is 0 Å². The van der Waals surface area contributed by atoms with Crippen molar-refractivity contribution in [2.45, 2.75) is 26.8 Å². The van der Waals surface area contributed by atoms with Gasteiger partial charge in [-0.2, -0.15) is 0 Å². The maximum Gasteiger partial charge on any atom is 0.328 e. The highest BCUT2D eigenvalue weighted by atomic mass is 127. The minimum Gasteiger partial charge on any atom is -0.466 e. The molecule has 8 nitrogen and oxygen atoms in total. The lowest BCUT2D eigenvalue weighted by Crippen LogP contribution is -2.35. The highest BCUT2D eigenvalue weighted by Crippen LogP contribution is 2.54. The molecular weight excluding hydrogens is 443 g/mol. The SMILES string of the molecule is CC(=O)OCC1CC1(COC(C)=O)Cn1cc(C=CI)c(=O)[nH]c1=O. The van der Waals surface area contributed by atoms with Crippen molar-refractivity contribution in [2.24, 2.45) is 11.3 Å². The Kier molecular flexibility index (Phi) is 6.20. The summed E-state index contributed by atoms with van der Waals surface area (Å²) in [4.78, 5) is 48.3. The number of hydrogen-bond acceptors (Lipinski definition) is 6. The topological polar surface area (TPSA) is 107 Å². The summed E-state index contributed by atoms with van der Waals surface area (Å²) < 4.78 is 13.2. The molecule has 1 aromatic rings. The van der Waals surface area contributed by atoms with Crippen LogP contribution in [0.3, 0.4) is 0 Å². The molecule has 0 saturated heterocycles. The van der Waals surface area contributed by atoms with E-state index in [9.17, 15) is 19.2 Å². The van der Waals surface area contributed by atoms with E-state index in [2.05, 4.69) is 4.98 Å². The van der Waals surface area contributed by atoms with Crippen LogP contribution >= 0.6 is 22.6 Å². The third-order valence-corrected chi connectivity index (χ3v) is 4.54. The Morgan fingerprint density at radius 1 is 1.36 bits per heavy atom. The molecule has 0 bridgehead atoms. The standard InChI is InChI=1S/C16H19IN2O6/c1-10(20)24-7-13-5-16(13,9-25-11(2)21)8-19-6-12(3-4-17)14(22)18-15(19)23/h3-4,6,13H,5,7-9H2,1-2H3,(H,18,22,23). The van der Waals surface area contributed by atoms with E-state index in [4.69, 9.17) is 9.47 Å². The minimum atomic E-state index is -0.532. The summed E-state index contributed by atoms with van der Waals surface area (Å²) >= 11 is 1.98. The summed E-state index contributed by atoms with van der Waals surface area (Å²) in [6.07, 6.45) is 3.72. The molecule has 2 atom stereocenters. The lowest BCUT2D eigenvalue weighted by Gasteiger charge is -2.18. The summed E-state index contributed by atoms with van der Waals surface area (Å²) in [7, 11) is 0. The number of aromatic nitrogens is 2. The molecule has 9 heteroatoms. The molecule has 136 valence electrons. The van der Waals surface area contributed by atoms with Gasteiger partial charge in [0, 0.05) is 37.9 Å². The van der Waals surface area contributed by atoms with Crippen LogP contribution in [0.4, 0.5) is 0 Å². The fraction of sp³-hybridized carbons (Fsp3) is 0.500. The molecule has 0 aromatic carbocycles. The normalized spacial score (nSPS) is 22.0. The zero-order valence-corrected chi connectivity index (χ0v) is 16.1. The molecule has 1 heterocycles. The fourth-order valence-corrected chi connectivity index (χ4v) is 3.10. The Bertz CT molecular complexity index is 812. The fourth-order valence-electron chi connectivity index (χ4n) is 2.72. The third-order valence-electron chi connectivity index (χ3n) is 4.18. The van der Waals surface area contributed by atoms with E-state index in [1.165, 1.54) is 24.6 Å². The Hall–Kier alpha value is -1.91. The summed E-state index contributed by atoms with van der Waals surface area (Å²) in [5, 5.41) is 0. The smallest absolute Gasteiger partial charge is 0.328 e. The van der Waals surface area contributed by atoms with Crippen LogP contribution in [0, 0.1) is 11.3 Å². The molecule has 25 heavy (non-hydrogen) atoms. The van der Waals surface area contributed by atoms with E-state index in [0.29, 0.717) is 12.0 Å². The van der Waals surface area contributed by atoms with E-state index in [1.807, 2.05) is 22.6 Å². The van der Waals surface area contributed by atoms with Gasteiger partial charge in [-0.3, -0.25) is 23.9 Å². The van der Waals surface area contributed by atoms with Crippen molar-refractivity contribution < 1.29 is 19.1 Å². The maximum absolute atomic E-state index is 12.1. The maximum atomic E-state index is 12.1. The first-order chi connectivity index (χ1) is 11.8. The second kappa shape index (κ2) is 7.98. The zero-order valence-electron chi connectivity index (χ0n) is 13.9. The van der Waals surface area contributed by atoms with Crippen molar-refractivity contribution in [3.63, 3.8) is 0 Å². The van der Waals surface area contributed by atoms with E-state index >= 15 is 0 Å². The van der Waals surface area contributed by atoms with Crippen LogP contribution in [-0.2, 0) is 25.6 Å². The number of ether oxygens (including phenoxy) is 2. The third kappa shape index (κ3) is 5.03. The first kappa shape index (κ1) is 19.4. The Morgan fingerprint density at radius 3 is 2.64 bits per heavy atom. The number of carbonyl (C=O) groups excluding carboxylic acids is 2. The highest BCUT2D eigenvalue weighted by Gasteiger charge is 2.56. The monoisotopic (exact) mass is 462 g/mol. The predicted molar refractivity (Wildman–Crippen MR) is 98.2 cm³/mol. The second-order valence-electron chi connectivity index (χ2n) is 6.11. The van der Waals surface area contributed by atoms with Crippen LogP contribution < -0.4 is 11.2 Å². The molecular formula is C16H19IN2O6. The molecule has 1 aromatic heterocycles. The van der Waals surface area contributed by atoms with Crippen LogP contribution in [0.15, 0.2) is 19.9 Å². The summed E-state index contributed by atoms with van der Waals surface area (Å²) in [6.45, 7) is 3.22. The van der Waals surface area contributed by atoms with Crippen LogP contribution in [0.2, 0.25) is 0 Å². The number of hydrogen-bond donors (Lipinski definition) is 1. The van der Waals surface area contributed by atoms with Gasteiger partial charge < -0.3 is 9.47 Å². The summed E-state index contributed by atoms with van der Waals surface area (Å²) in [5.74, 6) is -0.818. The van der Waals surface area contributed by atoms with Gasteiger partial charge in [0.25, 0.3) is 5.56 Å². The van der Waals surface area contributed by atoms with Crippen LogP contribution in [-0.4, -0.2) is 34.7 Å². The predicted octanol–water partition coefficient (Wildman–Crippen LogP) is 1.07. The van der Waals surface area contributed by atoms with E-state index < -0.39 is 22.6 Å². The van der Waals surface area contributed by atoms with Crippen LogP contribution in [0.1, 0.15) is 25.8 Å². The van der Waals surface area contributed by atoms with Gasteiger partial charge in [-0.15, -0.1) is 0 Å². The van der Waals surface area contributed by atoms with E-state index in [1.54, 1.807) is 10.2 Å². The summed E-state index contributed by atoms with van der Waals surface area (Å²) in [5.41, 5.74) is -1.13. The quantitative estimate of drug-likeness (QED) is 0.480. The number of H-pyrrole nitrogens is 1. The number of esters is 2. The second-order valence-corrected chi connectivity index (χ2v) is 6.83. The molecule has 1 fully saturated rings. The Morgan fingerprint density at radius 2 is 2.04 bits per heavy atom. The molecule has 0 radical (unpaired) electrons. The van der Waals surface area contributed by atoms with Gasteiger partial charge in [-0.25, -0.2) is 4.79 Å². The molecule has 1 N–H and O–H groups in total. The highest BCUT2D eigenvalue weighted by molar-refractivity contribution is 14.1. The molecule has 1 aliphatic carbocycles. The van der Waals surface area contributed by atoms with Gasteiger partial charge >= 0.3 is 17.6 Å². The number of aromatic amines is 1. The average Bonchev–Trinajstić information content (AvgIpc) is 3.21.